The Kier molecular flexibility index (Phi) is 5.50. The first-order valence-corrected chi connectivity index (χ1v) is 10.9. The summed E-state index contributed by atoms with van der Waals surface area (Å²) >= 11 is 0. The molecule has 0 spiro atoms. The predicted octanol–water partition coefficient (Wildman–Crippen LogP) is 5.67. The van der Waals surface area contributed by atoms with Crippen LogP contribution in [0.15, 0.2) is 55.0 Å². The molecule has 0 saturated heterocycles. The summed E-state index contributed by atoms with van der Waals surface area (Å²) in [5.74, 6) is 1.44. The molecular formula is C25H22F3N7. The van der Waals surface area contributed by atoms with E-state index in [1.54, 1.807) is 25.5 Å². The van der Waals surface area contributed by atoms with Crippen molar-refractivity contribution < 1.29 is 13.2 Å². The smallest absolute Gasteiger partial charge is 0.364 e. The third-order valence-corrected chi connectivity index (χ3v) is 5.60. The molecule has 3 aromatic heterocycles. The van der Waals surface area contributed by atoms with Gasteiger partial charge in [-0.25, -0.2) is 19.9 Å². The van der Waals surface area contributed by atoms with Crippen molar-refractivity contribution in [2.75, 3.05) is 5.32 Å². The first-order valence-electron chi connectivity index (χ1n) is 10.9. The van der Waals surface area contributed by atoms with Gasteiger partial charge in [-0.05, 0) is 31.5 Å². The highest BCUT2D eigenvalue weighted by atomic mass is 19.4. The van der Waals surface area contributed by atoms with E-state index < -0.39 is 11.9 Å². The number of halogens is 3. The average molecular weight is 477 g/mol. The number of aromatic amines is 1. The number of H-pyrrole nitrogens is 1. The number of anilines is 1. The molecule has 5 aromatic rings. The number of alkyl halides is 3. The fourth-order valence-electron chi connectivity index (χ4n) is 4.02. The van der Waals surface area contributed by atoms with Crippen molar-refractivity contribution in [3.05, 3.63) is 77.4 Å². The van der Waals surface area contributed by atoms with Crippen molar-refractivity contribution in [2.45, 2.75) is 26.6 Å². The van der Waals surface area contributed by atoms with Gasteiger partial charge in [0.15, 0.2) is 23.0 Å². The van der Waals surface area contributed by atoms with Gasteiger partial charge in [0.2, 0.25) is 0 Å². The Hall–Kier alpha value is -4.21. The Morgan fingerprint density at radius 2 is 1.66 bits per heavy atom. The Labute approximate surface area is 199 Å². The van der Waals surface area contributed by atoms with Gasteiger partial charge >= 0.3 is 6.18 Å². The molecule has 0 aliphatic carbocycles. The van der Waals surface area contributed by atoms with E-state index >= 15 is 0 Å². The highest BCUT2D eigenvalue weighted by Crippen LogP contribution is 2.31. The summed E-state index contributed by atoms with van der Waals surface area (Å²) in [6.07, 6.45) is -1.92. The number of fused-ring (bicyclic) bond motifs is 1. The minimum atomic E-state index is -4.48. The second-order valence-electron chi connectivity index (χ2n) is 8.48. The summed E-state index contributed by atoms with van der Waals surface area (Å²) in [7, 11) is 1.55. The number of hydrogen-bond donors (Lipinski definition) is 2. The molecule has 0 unspecified atom stereocenters. The monoisotopic (exact) mass is 477 g/mol. The van der Waals surface area contributed by atoms with Crippen molar-refractivity contribution in [2.24, 2.45) is 7.05 Å². The Bertz CT molecular complexity index is 1490. The number of benzene rings is 2. The highest BCUT2D eigenvalue weighted by Gasteiger charge is 2.34. The molecule has 0 radical (unpaired) electrons. The van der Waals surface area contributed by atoms with Crippen LogP contribution in [-0.2, 0) is 19.8 Å². The predicted molar refractivity (Wildman–Crippen MR) is 128 cm³/mol. The summed E-state index contributed by atoms with van der Waals surface area (Å²) < 4.78 is 40.3. The lowest BCUT2D eigenvalue weighted by molar-refractivity contribution is -0.140. The summed E-state index contributed by atoms with van der Waals surface area (Å²) in [6.45, 7) is 4.51. The molecule has 2 aromatic carbocycles. The zero-order valence-corrected chi connectivity index (χ0v) is 19.3. The van der Waals surface area contributed by atoms with Gasteiger partial charge in [0, 0.05) is 30.9 Å². The fraction of sp³-hybridized carbons (Fsp3) is 0.200. The summed E-state index contributed by atoms with van der Waals surface area (Å²) in [5, 5.41) is 3.33. The van der Waals surface area contributed by atoms with Gasteiger partial charge in [-0.2, -0.15) is 13.2 Å². The van der Waals surface area contributed by atoms with E-state index in [1.165, 1.54) is 4.57 Å². The van der Waals surface area contributed by atoms with Crippen LogP contribution in [0.3, 0.4) is 0 Å². The zero-order chi connectivity index (χ0) is 24.7. The van der Waals surface area contributed by atoms with Gasteiger partial charge in [0.05, 0.1) is 6.33 Å². The van der Waals surface area contributed by atoms with E-state index in [-0.39, 0.29) is 5.82 Å². The molecule has 0 bridgehead atoms. The Morgan fingerprint density at radius 3 is 2.31 bits per heavy atom. The number of aryl methyl sites for hydroxylation is 3. The van der Waals surface area contributed by atoms with Crippen LogP contribution >= 0.6 is 0 Å². The minimum absolute atomic E-state index is 0.255. The van der Waals surface area contributed by atoms with E-state index in [9.17, 15) is 13.2 Å². The number of aromatic nitrogens is 6. The number of rotatable bonds is 5. The van der Waals surface area contributed by atoms with E-state index in [0.29, 0.717) is 34.9 Å². The molecule has 0 aliphatic rings. The molecule has 7 nitrogen and oxygen atoms in total. The largest absolute Gasteiger partial charge is 0.434 e. The molecule has 2 N–H and O–H groups in total. The molecule has 0 fully saturated rings. The molecule has 0 atom stereocenters. The Morgan fingerprint density at radius 1 is 0.943 bits per heavy atom. The quantitative estimate of drug-likeness (QED) is 0.341. The SMILES string of the molecule is Cc1cc(C)cc(-c2nc(NCc3ccc(-c4nc(C(F)(F)F)cn4C)cc3)c3[nH]cnc3n2)c1. The highest BCUT2D eigenvalue weighted by molar-refractivity contribution is 5.84. The molecule has 3 heterocycles. The van der Waals surface area contributed by atoms with Crippen molar-refractivity contribution in [1.82, 2.24) is 29.5 Å². The normalized spacial score (nSPS) is 11.8. The van der Waals surface area contributed by atoms with E-state index in [1.807, 2.05) is 38.1 Å². The third kappa shape index (κ3) is 4.59. The van der Waals surface area contributed by atoms with Crippen LogP contribution in [0.25, 0.3) is 33.9 Å². The first kappa shape index (κ1) is 22.6. The molecule has 10 heteroatoms. The second kappa shape index (κ2) is 8.53. The number of hydrogen-bond acceptors (Lipinski definition) is 5. The summed E-state index contributed by atoms with van der Waals surface area (Å²) in [5.41, 5.74) is 5.02. The van der Waals surface area contributed by atoms with Crippen molar-refractivity contribution in [3.63, 3.8) is 0 Å². The lowest BCUT2D eigenvalue weighted by Crippen LogP contribution is -2.05. The average Bonchev–Trinajstić information content (AvgIpc) is 3.43. The van der Waals surface area contributed by atoms with E-state index in [4.69, 9.17) is 4.98 Å². The second-order valence-corrected chi connectivity index (χ2v) is 8.48. The maximum absolute atomic E-state index is 13.0. The Balaban J connectivity index is 1.39. The van der Waals surface area contributed by atoms with Gasteiger partial charge < -0.3 is 14.9 Å². The lowest BCUT2D eigenvalue weighted by Gasteiger charge is -2.10. The number of nitrogens with zero attached hydrogens (tertiary/aromatic N) is 5. The van der Waals surface area contributed by atoms with Crippen molar-refractivity contribution in [3.8, 4) is 22.8 Å². The summed E-state index contributed by atoms with van der Waals surface area (Å²) in [4.78, 5) is 20.4. The zero-order valence-electron chi connectivity index (χ0n) is 19.3. The summed E-state index contributed by atoms with van der Waals surface area (Å²) in [6, 6.07) is 13.4. The fourth-order valence-corrected chi connectivity index (χ4v) is 4.02. The van der Waals surface area contributed by atoms with Crippen LogP contribution in [0, 0.1) is 13.8 Å². The lowest BCUT2D eigenvalue weighted by atomic mass is 10.1. The van der Waals surface area contributed by atoms with Gasteiger partial charge in [0.25, 0.3) is 0 Å². The standard InChI is InChI=1S/C25H22F3N7/c1-14-8-15(2)10-18(9-14)21-33-22(20-23(34-21)31-13-30-20)29-11-16-4-6-17(7-5-16)24-32-19(12-35(24)3)25(26,27)28/h4-10,12-13H,11H2,1-3H3,(H2,29,30,31,33,34). The van der Waals surface area contributed by atoms with Gasteiger partial charge in [-0.1, -0.05) is 41.5 Å². The maximum atomic E-state index is 13.0. The van der Waals surface area contributed by atoms with Gasteiger partial charge in [0.1, 0.15) is 11.3 Å². The molecule has 0 aliphatic heterocycles. The topological polar surface area (TPSA) is 84.3 Å². The molecule has 0 saturated carbocycles. The molecule has 178 valence electrons. The molecule has 35 heavy (non-hydrogen) atoms. The third-order valence-electron chi connectivity index (χ3n) is 5.60. The van der Waals surface area contributed by atoms with Crippen LogP contribution in [0.1, 0.15) is 22.4 Å². The van der Waals surface area contributed by atoms with Gasteiger partial charge in [-0.15, -0.1) is 0 Å². The van der Waals surface area contributed by atoms with Crippen molar-refractivity contribution >= 4 is 17.0 Å². The van der Waals surface area contributed by atoms with Gasteiger partial charge in [-0.3, -0.25) is 0 Å². The maximum Gasteiger partial charge on any atom is 0.434 e. The molecule has 5 rings (SSSR count). The van der Waals surface area contributed by atoms with Crippen LogP contribution in [-0.4, -0.2) is 29.5 Å². The van der Waals surface area contributed by atoms with Crippen LogP contribution in [0.2, 0.25) is 0 Å². The van der Waals surface area contributed by atoms with Crippen LogP contribution in [0.4, 0.5) is 19.0 Å². The van der Waals surface area contributed by atoms with Crippen LogP contribution in [0.5, 0.6) is 0 Å². The molecule has 0 amide bonds. The van der Waals surface area contributed by atoms with E-state index in [2.05, 4.69) is 31.3 Å². The van der Waals surface area contributed by atoms with Crippen molar-refractivity contribution in [1.29, 1.82) is 0 Å². The number of nitrogens with one attached hydrogen (secondary N) is 2. The van der Waals surface area contributed by atoms with E-state index in [0.717, 1.165) is 28.5 Å². The molecular weight excluding hydrogens is 455 g/mol. The number of imidazole rings is 2. The minimum Gasteiger partial charge on any atom is -0.364 e. The first-order chi connectivity index (χ1) is 16.7. The van der Waals surface area contributed by atoms with Crippen LogP contribution < -0.4 is 5.32 Å².